The van der Waals surface area contributed by atoms with Crippen LogP contribution in [0.3, 0.4) is 0 Å². The van der Waals surface area contributed by atoms with Crippen LogP contribution in [0.2, 0.25) is 0 Å². The van der Waals surface area contributed by atoms with E-state index >= 15 is 0 Å². The SMILES string of the molecule is CC(=O)N1CC(=O)[C@@H]([C@@H](c2cccnc2)c2n(Cc3ccccc3)c(C)c(C)[n+]2[O-])C1=O. The van der Waals surface area contributed by atoms with Gasteiger partial charge in [-0.2, -0.15) is 0 Å². The Bertz CT molecular complexity index is 1190. The number of hydrogen-bond donors (Lipinski definition) is 0. The predicted octanol–water partition coefficient (Wildman–Crippen LogP) is 1.89. The molecule has 164 valence electrons. The summed E-state index contributed by atoms with van der Waals surface area (Å²) in [6.45, 7) is 4.93. The number of aromatic nitrogens is 3. The number of carbonyl (C=O) groups excluding carboxylic acids is 3. The molecule has 1 saturated heterocycles. The van der Waals surface area contributed by atoms with Crippen molar-refractivity contribution in [1.29, 1.82) is 0 Å². The number of imide groups is 1. The summed E-state index contributed by atoms with van der Waals surface area (Å²) in [6, 6.07) is 13.1. The Morgan fingerprint density at radius 1 is 1.19 bits per heavy atom. The van der Waals surface area contributed by atoms with Gasteiger partial charge in [-0.1, -0.05) is 36.4 Å². The molecule has 0 aliphatic carbocycles. The normalized spacial score (nSPS) is 17.1. The van der Waals surface area contributed by atoms with Crippen molar-refractivity contribution >= 4 is 17.6 Å². The number of Topliss-reactive ketones (excluding diaryl/α,β-unsaturated/α-hetero) is 1. The van der Waals surface area contributed by atoms with Gasteiger partial charge in [0.2, 0.25) is 11.8 Å². The number of carbonyl (C=O) groups is 3. The quantitative estimate of drug-likeness (QED) is 0.348. The van der Waals surface area contributed by atoms with Gasteiger partial charge < -0.3 is 5.21 Å². The Morgan fingerprint density at radius 3 is 2.50 bits per heavy atom. The van der Waals surface area contributed by atoms with Crippen LogP contribution in [0.4, 0.5) is 0 Å². The molecule has 0 saturated carbocycles. The van der Waals surface area contributed by atoms with Gasteiger partial charge in [0.15, 0.2) is 5.78 Å². The number of amides is 2. The van der Waals surface area contributed by atoms with Crippen LogP contribution in [-0.4, -0.2) is 38.6 Å². The average Bonchev–Trinajstić information content (AvgIpc) is 3.19. The average molecular weight is 432 g/mol. The summed E-state index contributed by atoms with van der Waals surface area (Å²) in [4.78, 5) is 43.2. The molecule has 2 amide bonds. The topological polar surface area (TPSA) is 99.2 Å². The maximum absolute atomic E-state index is 13.4. The third-order valence-electron chi connectivity index (χ3n) is 6.13. The molecule has 3 aromatic rings. The Hall–Kier alpha value is -3.81. The Morgan fingerprint density at radius 2 is 1.91 bits per heavy atom. The molecule has 0 N–H and O–H groups in total. The van der Waals surface area contributed by atoms with Gasteiger partial charge in [-0.3, -0.25) is 24.3 Å². The number of ketones is 1. The summed E-state index contributed by atoms with van der Waals surface area (Å²) < 4.78 is 2.65. The molecular formula is C24H24N4O4. The number of likely N-dealkylation sites (tertiary alicyclic amines) is 1. The van der Waals surface area contributed by atoms with E-state index in [-0.39, 0.29) is 18.2 Å². The van der Waals surface area contributed by atoms with Crippen LogP contribution < -0.4 is 4.73 Å². The molecule has 1 fully saturated rings. The van der Waals surface area contributed by atoms with Gasteiger partial charge in [-0.15, -0.1) is 0 Å². The minimum Gasteiger partial charge on any atom is -0.711 e. The Labute approximate surface area is 185 Å². The van der Waals surface area contributed by atoms with Gasteiger partial charge in [0.1, 0.15) is 29.8 Å². The molecule has 0 bridgehead atoms. The first-order valence-electron chi connectivity index (χ1n) is 10.4. The van der Waals surface area contributed by atoms with E-state index in [4.69, 9.17) is 0 Å². The fraction of sp³-hybridized carbons (Fsp3) is 0.292. The van der Waals surface area contributed by atoms with Crippen molar-refractivity contribution in [2.75, 3.05) is 6.54 Å². The lowest BCUT2D eigenvalue weighted by molar-refractivity contribution is -0.621. The number of nitrogens with zero attached hydrogens (tertiary/aromatic N) is 4. The maximum atomic E-state index is 13.4. The number of imidazole rings is 1. The van der Waals surface area contributed by atoms with E-state index in [1.807, 2.05) is 41.8 Å². The summed E-state index contributed by atoms with van der Waals surface area (Å²) in [5.41, 5.74) is 2.79. The molecule has 2 aromatic heterocycles. The van der Waals surface area contributed by atoms with Crippen LogP contribution in [0.5, 0.6) is 0 Å². The minimum atomic E-state index is -1.17. The molecule has 8 nitrogen and oxygen atoms in total. The number of hydrogen-bond acceptors (Lipinski definition) is 5. The van der Waals surface area contributed by atoms with Crippen molar-refractivity contribution < 1.29 is 19.1 Å². The monoisotopic (exact) mass is 432 g/mol. The van der Waals surface area contributed by atoms with E-state index in [1.54, 1.807) is 31.5 Å². The fourth-order valence-corrected chi connectivity index (χ4v) is 4.34. The summed E-state index contributed by atoms with van der Waals surface area (Å²) in [5.74, 6) is -3.22. The van der Waals surface area contributed by atoms with Gasteiger partial charge in [-0.05, 0) is 17.2 Å². The lowest BCUT2D eigenvalue weighted by Crippen LogP contribution is -2.41. The Balaban J connectivity index is 1.92. The second-order valence-corrected chi connectivity index (χ2v) is 8.05. The van der Waals surface area contributed by atoms with Crippen LogP contribution in [0.1, 0.15) is 41.2 Å². The molecule has 4 rings (SSSR count). The van der Waals surface area contributed by atoms with E-state index in [0.717, 1.165) is 20.9 Å². The first-order valence-corrected chi connectivity index (χ1v) is 10.4. The highest BCUT2D eigenvalue weighted by Gasteiger charge is 2.50. The van der Waals surface area contributed by atoms with Crippen molar-refractivity contribution in [2.45, 2.75) is 33.2 Å². The summed E-state index contributed by atoms with van der Waals surface area (Å²) in [7, 11) is 0. The van der Waals surface area contributed by atoms with Crippen molar-refractivity contribution in [3.63, 3.8) is 0 Å². The molecule has 1 aromatic carbocycles. The highest BCUT2D eigenvalue weighted by Crippen LogP contribution is 2.36. The van der Waals surface area contributed by atoms with Crippen LogP contribution in [0, 0.1) is 25.0 Å². The second-order valence-electron chi connectivity index (χ2n) is 8.05. The zero-order chi connectivity index (χ0) is 23.0. The first-order chi connectivity index (χ1) is 15.3. The van der Waals surface area contributed by atoms with E-state index < -0.39 is 23.7 Å². The third-order valence-corrected chi connectivity index (χ3v) is 6.13. The van der Waals surface area contributed by atoms with Crippen LogP contribution >= 0.6 is 0 Å². The standard InChI is InChI=1S/C24H24N4O4/c1-15-16(2)28(32)23(26(15)13-18-8-5-4-6-9-18)21(19-10-7-11-25-12-19)22-20(30)14-27(17(3)29)24(22)31/h4-12,21-22H,13-14H2,1-3H3/t21-,22+/m1/s1. The van der Waals surface area contributed by atoms with Crippen LogP contribution in [-0.2, 0) is 20.9 Å². The fourth-order valence-electron chi connectivity index (χ4n) is 4.34. The van der Waals surface area contributed by atoms with Gasteiger partial charge in [-0.25, -0.2) is 9.30 Å². The van der Waals surface area contributed by atoms with E-state index in [1.165, 1.54) is 6.92 Å². The summed E-state index contributed by atoms with van der Waals surface area (Å²) in [5, 5.41) is 13.4. The van der Waals surface area contributed by atoms with E-state index in [2.05, 4.69) is 4.98 Å². The zero-order valence-corrected chi connectivity index (χ0v) is 18.2. The Kier molecular flexibility index (Phi) is 5.61. The van der Waals surface area contributed by atoms with Crippen molar-refractivity contribution in [2.24, 2.45) is 5.92 Å². The molecule has 1 aliphatic heterocycles. The largest absolute Gasteiger partial charge is 0.711 e. The summed E-state index contributed by atoms with van der Waals surface area (Å²) in [6.07, 6.45) is 3.15. The zero-order valence-electron chi connectivity index (χ0n) is 18.2. The number of benzene rings is 1. The lowest BCUT2D eigenvalue weighted by atomic mass is 9.84. The minimum absolute atomic E-state index is 0.286. The number of pyridine rings is 1. The lowest BCUT2D eigenvalue weighted by Gasteiger charge is -2.22. The molecule has 0 spiro atoms. The van der Waals surface area contributed by atoms with Gasteiger partial charge in [0, 0.05) is 33.2 Å². The third kappa shape index (κ3) is 3.57. The van der Waals surface area contributed by atoms with Gasteiger partial charge in [0.05, 0.1) is 6.54 Å². The molecule has 1 aliphatic rings. The van der Waals surface area contributed by atoms with E-state index in [9.17, 15) is 19.6 Å². The van der Waals surface area contributed by atoms with Crippen molar-refractivity contribution in [3.8, 4) is 0 Å². The molecule has 0 unspecified atom stereocenters. The van der Waals surface area contributed by atoms with Crippen LogP contribution in [0.15, 0.2) is 54.9 Å². The predicted molar refractivity (Wildman–Crippen MR) is 115 cm³/mol. The molecular weight excluding hydrogens is 408 g/mol. The second kappa shape index (κ2) is 8.37. The smallest absolute Gasteiger partial charge is 0.269 e. The molecule has 32 heavy (non-hydrogen) atoms. The highest BCUT2D eigenvalue weighted by molar-refractivity contribution is 6.15. The maximum Gasteiger partial charge on any atom is 0.269 e. The van der Waals surface area contributed by atoms with Gasteiger partial charge >= 0.3 is 0 Å². The number of rotatable bonds is 5. The van der Waals surface area contributed by atoms with Crippen molar-refractivity contribution in [1.82, 2.24) is 14.5 Å². The van der Waals surface area contributed by atoms with E-state index in [0.29, 0.717) is 17.8 Å². The molecule has 8 heteroatoms. The summed E-state index contributed by atoms with van der Waals surface area (Å²) >= 11 is 0. The van der Waals surface area contributed by atoms with Gasteiger partial charge in [0.25, 0.3) is 5.82 Å². The van der Waals surface area contributed by atoms with Crippen molar-refractivity contribution in [3.05, 3.63) is 88.4 Å². The first kappa shape index (κ1) is 21.4. The van der Waals surface area contributed by atoms with Crippen LogP contribution in [0.25, 0.3) is 0 Å². The molecule has 2 atom stereocenters. The molecule has 0 radical (unpaired) electrons. The highest BCUT2D eigenvalue weighted by atomic mass is 16.5. The molecule has 3 heterocycles.